The lowest BCUT2D eigenvalue weighted by molar-refractivity contribution is 0.185. The van der Waals surface area contributed by atoms with Gasteiger partial charge in [0.05, 0.1) is 27.4 Å². The number of methoxy groups -OCH3 is 3. The normalized spacial score (nSPS) is 14.7. The van der Waals surface area contributed by atoms with Crippen LogP contribution in [0.4, 0.5) is 5.69 Å². The molecule has 0 saturated carbocycles. The number of thiocarbonyl (C=S) groups is 1. The van der Waals surface area contributed by atoms with Crippen molar-refractivity contribution in [3.63, 3.8) is 0 Å². The zero-order chi connectivity index (χ0) is 24.1. The standard InChI is InChI=1S/C26H27BrN2O4S/c1-30-22-9-4-5-10-23(22)33-16-21-20-15-25(32-3)24(31-2)13-17(20)11-12-29(21)26(34)28-19-8-6-7-18(27)14-19/h4-10,13-15,21H,11-12,16H2,1-3H3,(H,28,34)/t21-/m1/s1. The van der Waals surface area contributed by atoms with Gasteiger partial charge in [0.15, 0.2) is 28.1 Å². The number of hydrogen-bond donors (Lipinski definition) is 1. The van der Waals surface area contributed by atoms with Crippen molar-refractivity contribution in [1.29, 1.82) is 0 Å². The van der Waals surface area contributed by atoms with E-state index in [1.807, 2.05) is 60.7 Å². The minimum Gasteiger partial charge on any atom is -0.493 e. The molecule has 6 nitrogen and oxygen atoms in total. The van der Waals surface area contributed by atoms with Crippen LogP contribution in [-0.4, -0.2) is 44.5 Å². The van der Waals surface area contributed by atoms with Crippen LogP contribution in [0.1, 0.15) is 17.2 Å². The zero-order valence-corrected chi connectivity index (χ0v) is 21.7. The summed E-state index contributed by atoms with van der Waals surface area (Å²) in [6, 6.07) is 19.5. The molecule has 34 heavy (non-hydrogen) atoms. The molecule has 1 heterocycles. The Bertz CT molecular complexity index is 1170. The number of para-hydroxylation sites is 2. The Hall–Kier alpha value is -2.97. The predicted molar refractivity (Wildman–Crippen MR) is 142 cm³/mol. The summed E-state index contributed by atoms with van der Waals surface area (Å²) >= 11 is 9.38. The van der Waals surface area contributed by atoms with Crippen LogP contribution < -0.4 is 24.3 Å². The molecule has 1 aliphatic heterocycles. The lowest BCUT2D eigenvalue weighted by Gasteiger charge is -2.39. The highest BCUT2D eigenvalue weighted by Crippen LogP contribution is 2.39. The highest BCUT2D eigenvalue weighted by atomic mass is 79.9. The van der Waals surface area contributed by atoms with Gasteiger partial charge in [0.25, 0.3) is 0 Å². The highest BCUT2D eigenvalue weighted by Gasteiger charge is 2.31. The van der Waals surface area contributed by atoms with E-state index in [-0.39, 0.29) is 6.04 Å². The van der Waals surface area contributed by atoms with Gasteiger partial charge in [-0.15, -0.1) is 0 Å². The maximum atomic E-state index is 6.27. The Morgan fingerprint density at radius 1 is 0.941 bits per heavy atom. The summed E-state index contributed by atoms with van der Waals surface area (Å²) in [5.41, 5.74) is 3.20. The van der Waals surface area contributed by atoms with Gasteiger partial charge >= 0.3 is 0 Å². The molecule has 0 amide bonds. The molecule has 0 radical (unpaired) electrons. The molecule has 1 aliphatic rings. The lowest BCUT2D eigenvalue weighted by atomic mass is 9.92. The summed E-state index contributed by atoms with van der Waals surface area (Å²) < 4.78 is 23.9. The topological polar surface area (TPSA) is 52.2 Å². The van der Waals surface area contributed by atoms with Gasteiger partial charge in [0, 0.05) is 16.7 Å². The fourth-order valence-electron chi connectivity index (χ4n) is 4.12. The molecule has 3 aromatic rings. The van der Waals surface area contributed by atoms with Gasteiger partial charge in [0.1, 0.15) is 6.61 Å². The second-order valence-electron chi connectivity index (χ2n) is 7.77. The van der Waals surface area contributed by atoms with Gasteiger partial charge < -0.3 is 29.2 Å². The predicted octanol–water partition coefficient (Wildman–Crippen LogP) is 5.85. The SMILES string of the molecule is COc1cc2c(cc1OC)[C@@H](COc1ccccc1OC)N(C(=S)Nc1cccc(Br)c1)CC2. The molecular weight excluding hydrogens is 516 g/mol. The Labute approximate surface area is 213 Å². The molecule has 0 bridgehead atoms. The van der Waals surface area contributed by atoms with Crippen LogP contribution in [-0.2, 0) is 6.42 Å². The number of anilines is 1. The third-order valence-electron chi connectivity index (χ3n) is 5.81. The van der Waals surface area contributed by atoms with Crippen molar-refractivity contribution in [2.45, 2.75) is 12.5 Å². The summed E-state index contributed by atoms with van der Waals surface area (Å²) in [6.45, 7) is 1.12. The Morgan fingerprint density at radius 2 is 1.65 bits per heavy atom. The van der Waals surface area contributed by atoms with Crippen LogP contribution in [0.15, 0.2) is 65.1 Å². The summed E-state index contributed by atoms with van der Waals surface area (Å²) in [5.74, 6) is 2.76. The first-order chi connectivity index (χ1) is 16.5. The monoisotopic (exact) mass is 542 g/mol. The molecule has 4 rings (SSSR count). The first-order valence-corrected chi connectivity index (χ1v) is 12.1. The van der Waals surface area contributed by atoms with Crippen molar-refractivity contribution < 1.29 is 18.9 Å². The fraction of sp³-hybridized carbons (Fsp3) is 0.269. The third-order valence-corrected chi connectivity index (χ3v) is 6.64. The van der Waals surface area contributed by atoms with E-state index in [1.165, 1.54) is 5.56 Å². The summed E-state index contributed by atoms with van der Waals surface area (Å²) in [7, 11) is 4.93. The van der Waals surface area contributed by atoms with Crippen molar-refractivity contribution in [3.8, 4) is 23.0 Å². The number of fused-ring (bicyclic) bond motifs is 1. The zero-order valence-electron chi connectivity index (χ0n) is 19.3. The van der Waals surface area contributed by atoms with E-state index in [0.29, 0.717) is 34.7 Å². The second kappa shape index (κ2) is 11.0. The first-order valence-electron chi connectivity index (χ1n) is 10.9. The molecule has 3 aromatic carbocycles. The number of rotatable bonds is 7. The molecule has 178 valence electrons. The van der Waals surface area contributed by atoms with Gasteiger partial charge in [-0.1, -0.05) is 34.1 Å². The molecule has 0 aliphatic carbocycles. The van der Waals surface area contributed by atoms with Gasteiger partial charge in [-0.2, -0.15) is 0 Å². The molecule has 1 atom stereocenters. The molecule has 0 fully saturated rings. The van der Waals surface area contributed by atoms with Gasteiger partial charge in [-0.25, -0.2) is 0 Å². The molecule has 0 saturated heterocycles. The van der Waals surface area contributed by atoms with Crippen LogP contribution in [0.5, 0.6) is 23.0 Å². The Balaban J connectivity index is 1.66. The van der Waals surface area contributed by atoms with Gasteiger partial charge in [-0.05, 0) is 72.2 Å². The summed E-state index contributed by atoms with van der Waals surface area (Å²) in [4.78, 5) is 2.17. The average Bonchev–Trinajstić information content (AvgIpc) is 2.86. The van der Waals surface area contributed by atoms with Crippen LogP contribution >= 0.6 is 28.1 Å². The lowest BCUT2D eigenvalue weighted by Crippen LogP contribution is -2.44. The highest BCUT2D eigenvalue weighted by molar-refractivity contribution is 9.10. The molecule has 1 N–H and O–H groups in total. The van der Waals surface area contributed by atoms with Crippen LogP contribution in [0.2, 0.25) is 0 Å². The number of halogens is 1. The smallest absolute Gasteiger partial charge is 0.174 e. The third kappa shape index (κ3) is 5.23. The van der Waals surface area contributed by atoms with Gasteiger partial charge in [-0.3, -0.25) is 0 Å². The number of nitrogens with one attached hydrogen (secondary N) is 1. The van der Waals surface area contributed by atoms with Crippen LogP contribution in [0.3, 0.4) is 0 Å². The van der Waals surface area contributed by atoms with E-state index in [2.05, 4.69) is 26.1 Å². The van der Waals surface area contributed by atoms with Crippen molar-refractivity contribution >= 4 is 38.9 Å². The van der Waals surface area contributed by atoms with E-state index in [9.17, 15) is 0 Å². The number of hydrogen-bond acceptors (Lipinski definition) is 5. The summed E-state index contributed by atoms with van der Waals surface area (Å²) in [6.07, 6.45) is 0.821. The van der Waals surface area contributed by atoms with E-state index in [4.69, 9.17) is 31.2 Å². The molecule has 8 heteroatoms. The number of ether oxygens (including phenoxy) is 4. The van der Waals surface area contributed by atoms with E-state index in [0.717, 1.165) is 28.7 Å². The second-order valence-corrected chi connectivity index (χ2v) is 9.07. The Kier molecular flexibility index (Phi) is 7.80. The quantitative estimate of drug-likeness (QED) is 0.375. The molecule has 0 unspecified atom stereocenters. The minimum atomic E-state index is -0.138. The first kappa shape index (κ1) is 24.2. The summed E-state index contributed by atoms with van der Waals surface area (Å²) in [5, 5.41) is 4.01. The molecular formula is C26H27BrN2O4S. The molecule has 0 spiro atoms. The fourth-order valence-corrected chi connectivity index (χ4v) is 4.85. The average molecular weight is 543 g/mol. The molecule has 0 aromatic heterocycles. The van der Waals surface area contributed by atoms with Crippen molar-refractivity contribution in [2.75, 3.05) is 39.8 Å². The van der Waals surface area contributed by atoms with E-state index >= 15 is 0 Å². The van der Waals surface area contributed by atoms with Crippen molar-refractivity contribution in [1.82, 2.24) is 4.90 Å². The van der Waals surface area contributed by atoms with Gasteiger partial charge in [0.2, 0.25) is 0 Å². The maximum absolute atomic E-state index is 6.27. The van der Waals surface area contributed by atoms with E-state index in [1.54, 1.807) is 21.3 Å². The van der Waals surface area contributed by atoms with Crippen LogP contribution in [0, 0.1) is 0 Å². The van der Waals surface area contributed by atoms with Crippen molar-refractivity contribution in [2.24, 2.45) is 0 Å². The largest absolute Gasteiger partial charge is 0.493 e. The Morgan fingerprint density at radius 3 is 2.35 bits per heavy atom. The van der Waals surface area contributed by atoms with Crippen LogP contribution in [0.25, 0.3) is 0 Å². The van der Waals surface area contributed by atoms with Crippen molar-refractivity contribution in [3.05, 3.63) is 76.3 Å². The number of nitrogens with zero attached hydrogens (tertiary/aromatic N) is 1. The van der Waals surface area contributed by atoms with E-state index < -0.39 is 0 Å². The maximum Gasteiger partial charge on any atom is 0.174 e. The number of benzene rings is 3. The minimum absolute atomic E-state index is 0.138.